The summed E-state index contributed by atoms with van der Waals surface area (Å²) in [7, 11) is 4.22. The molecule has 6 nitrogen and oxygen atoms in total. The summed E-state index contributed by atoms with van der Waals surface area (Å²) >= 11 is 0. The van der Waals surface area contributed by atoms with Crippen molar-refractivity contribution in [3.63, 3.8) is 0 Å². The number of fused-ring (bicyclic) bond motifs is 2. The van der Waals surface area contributed by atoms with Gasteiger partial charge in [0.25, 0.3) is 0 Å². The van der Waals surface area contributed by atoms with Crippen LogP contribution in [0.1, 0.15) is 22.6 Å². The Morgan fingerprint density at radius 3 is 2.70 bits per heavy atom. The van der Waals surface area contributed by atoms with Crippen LogP contribution in [0.15, 0.2) is 54.9 Å². The highest BCUT2D eigenvalue weighted by molar-refractivity contribution is 5.62. The Hall–Kier alpha value is -3.12. The van der Waals surface area contributed by atoms with Gasteiger partial charge in [-0.2, -0.15) is 0 Å². The topological polar surface area (TPSA) is 76.7 Å². The fourth-order valence-electron chi connectivity index (χ4n) is 3.49. The van der Waals surface area contributed by atoms with E-state index in [2.05, 4.69) is 31.2 Å². The second kappa shape index (κ2) is 6.89. The SMILES string of the molecule is C[NH+](C)CC[n+]1cnc2c(c1N)[C@H](c1ccccc1)c1ccc(O)cc1O2. The van der Waals surface area contributed by atoms with Crippen LogP contribution in [0.3, 0.4) is 0 Å². The molecule has 0 spiro atoms. The predicted molar refractivity (Wildman–Crippen MR) is 102 cm³/mol. The minimum Gasteiger partial charge on any atom is -0.508 e. The number of benzene rings is 2. The molecule has 1 atom stereocenters. The van der Waals surface area contributed by atoms with Crippen LogP contribution in [-0.4, -0.2) is 30.7 Å². The first-order valence-electron chi connectivity index (χ1n) is 9.07. The molecule has 2 aromatic carbocycles. The molecule has 0 amide bonds. The number of hydrogen-bond donors (Lipinski definition) is 3. The van der Waals surface area contributed by atoms with Crippen molar-refractivity contribution in [2.45, 2.75) is 12.5 Å². The number of nitrogens with one attached hydrogen (secondary N) is 1. The molecule has 3 aromatic rings. The van der Waals surface area contributed by atoms with Gasteiger partial charge in [0.05, 0.1) is 20.0 Å². The maximum Gasteiger partial charge on any atom is 0.306 e. The molecule has 0 bridgehead atoms. The van der Waals surface area contributed by atoms with E-state index in [4.69, 9.17) is 10.5 Å². The number of aromatic nitrogens is 2. The number of likely N-dealkylation sites (N-methyl/N-ethyl adjacent to an activating group) is 1. The van der Waals surface area contributed by atoms with Crippen LogP contribution in [-0.2, 0) is 6.54 Å². The molecule has 1 aliphatic heterocycles. The summed E-state index contributed by atoms with van der Waals surface area (Å²) in [6, 6.07) is 15.4. The van der Waals surface area contributed by atoms with Gasteiger partial charge in [0.1, 0.15) is 30.2 Å². The lowest BCUT2D eigenvalue weighted by Gasteiger charge is -2.27. The average molecular weight is 364 g/mol. The fourth-order valence-corrected chi connectivity index (χ4v) is 3.49. The molecule has 0 unspecified atom stereocenters. The average Bonchev–Trinajstić information content (AvgIpc) is 2.66. The number of quaternary nitrogens is 1. The van der Waals surface area contributed by atoms with Crippen molar-refractivity contribution < 1.29 is 19.3 Å². The first kappa shape index (κ1) is 17.3. The Morgan fingerprint density at radius 1 is 1.19 bits per heavy atom. The number of hydrogen-bond acceptors (Lipinski definition) is 4. The smallest absolute Gasteiger partial charge is 0.306 e. The first-order chi connectivity index (χ1) is 13.0. The lowest BCUT2D eigenvalue weighted by molar-refractivity contribution is -0.882. The Labute approximate surface area is 158 Å². The summed E-state index contributed by atoms with van der Waals surface area (Å²) in [6.07, 6.45) is 1.73. The molecule has 0 radical (unpaired) electrons. The number of rotatable bonds is 4. The molecule has 1 aliphatic rings. The molecule has 0 aliphatic carbocycles. The summed E-state index contributed by atoms with van der Waals surface area (Å²) in [5.74, 6) is 1.83. The second-order valence-corrected chi connectivity index (χ2v) is 7.17. The van der Waals surface area contributed by atoms with Crippen molar-refractivity contribution >= 4 is 5.82 Å². The quantitative estimate of drug-likeness (QED) is 0.474. The van der Waals surface area contributed by atoms with E-state index in [1.54, 1.807) is 18.5 Å². The van der Waals surface area contributed by atoms with Gasteiger partial charge in [0.2, 0.25) is 12.1 Å². The van der Waals surface area contributed by atoms with Crippen LogP contribution >= 0.6 is 0 Å². The van der Waals surface area contributed by atoms with Crippen LogP contribution in [0.4, 0.5) is 5.82 Å². The first-order valence-corrected chi connectivity index (χ1v) is 9.07. The zero-order valence-corrected chi connectivity index (χ0v) is 15.5. The minimum atomic E-state index is -0.0998. The molecule has 2 heterocycles. The second-order valence-electron chi connectivity index (χ2n) is 7.17. The molecule has 138 valence electrons. The monoisotopic (exact) mass is 364 g/mol. The van der Waals surface area contributed by atoms with Gasteiger partial charge >= 0.3 is 5.88 Å². The highest BCUT2D eigenvalue weighted by Crippen LogP contribution is 2.48. The summed E-state index contributed by atoms with van der Waals surface area (Å²) in [4.78, 5) is 5.88. The zero-order chi connectivity index (χ0) is 19.0. The van der Waals surface area contributed by atoms with Gasteiger partial charge in [-0.1, -0.05) is 41.4 Å². The third-order valence-corrected chi connectivity index (χ3v) is 4.92. The number of phenols is 1. The number of nitrogens with zero attached hydrogens (tertiary/aromatic N) is 2. The molecule has 27 heavy (non-hydrogen) atoms. The Balaban J connectivity index is 1.88. The fraction of sp³-hybridized carbons (Fsp3) is 0.238. The van der Waals surface area contributed by atoms with Gasteiger partial charge in [-0.05, 0) is 11.6 Å². The van der Waals surface area contributed by atoms with Gasteiger partial charge in [-0.3, -0.25) is 0 Å². The Morgan fingerprint density at radius 2 is 1.96 bits per heavy atom. The molecule has 0 saturated carbocycles. The highest BCUT2D eigenvalue weighted by Gasteiger charge is 2.36. The van der Waals surface area contributed by atoms with Crippen molar-refractivity contribution in [3.8, 4) is 17.4 Å². The van der Waals surface area contributed by atoms with Gasteiger partial charge < -0.3 is 20.5 Å². The number of nitrogen functional groups attached to an aromatic ring is 1. The van der Waals surface area contributed by atoms with Crippen molar-refractivity contribution in [1.82, 2.24) is 4.98 Å². The standard InChI is InChI=1S/C21H22N4O2/c1-24(2)10-11-25-13-23-21-19(20(25)22)18(14-6-4-3-5-7-14)16-9-8-15(26)12-17(16)27-21/h3-9,12-13,18,22,26H,10-11H2,1-2H3/p+2/t18-/m1/s1. The molecule has 4 rings (SSSR count). The molecular formula is C21H24N4O2+2. The van der Waals surface area contributed by atoms with Crippen LogP contribution in [0, 0.1) is 0 Å². The molecule has 0 saturated heterocycles. The van der Waals surface area contributed by atoms with Crippen molar-refractivity contribution in [2.24, 2.45) is 0 Å². The van der Waals surface area contributed by atoms with Gasteiger partial charge in [0, 0.05) is 11.6 Å². The van der Waals surface area contributed by atoms with Gasteiger partial charge in [-0.15, -0.1) is 0 Å². The lowest BCUT2D eigenvalue weighted by atomic mass is 9.83. The molecular weight excluding hydrogens is 340 g/mol. The predicted octanol–water partition coefficient (Wildman–Crippen LogP) is 1.09. The summed E-state index contributed by atoms with van der Waals surface area (Å²) < 4.78 is 7.98. The van der Waals surface area contributed by atoms with E-state index in [-0.39, 0.29) is 11.7 Å². The maximum atomic E-state index is 9.88. The number of phenolic OH excluding ortho intramolecular Hbond substituents is 1. The van der Waals surface area contributed by atoms with Crippen molar-refractivity contribution in [1.29, 1.82) is 0 Å². The van der Waals surface area contributed by atoms with E-state index in [9.17, 15) is 5.11 Å². The zero-order valence-electron chi connectivity index (χ0n) is 15.5. The third kappa shape index (κ3) is 3.19. The molecule has 6 heteroatoms. The largest absolute Gasteiger partial charge is 0.508 e. The van der Waals surface area contributed by atoms with Crippen LogP contribution < -0.4 is 19.9 Å². The number of anilines is 1. The van der Waals surface area contributed by atoms with E-state index < -0.39 is 0 Å². The Kier molecular flexibility index (Phi) is 4.41. The summed E-state index contributed by atoms with van der Waals surface area (Å²) in [6.45, 7) is 1.72. The number of ether oxygens (including phenoxy) is 1. The highest BCUT2D eigenvalue weighted by atomic mass is 16.5. The van der Waals surface area contributed by atoms with E-state index in [1.165, 1.54) is 4.90 Å². The van der Waals surface area contributed by atoms with Crippen LogP contribution in [0.2, 0.25) is 0 Å². The minimum absolute atomic E-state index is 0.0998. The maximum absolute atomic E-state index is 9.88. The number of nitrogens with two attached hydrogens (primary N) is 1. The number of aromatic hydroxyl groups is 1. The molecule has 1 aromatic heterocycles. The van der Waals surface area contributed by atoms with Gasteiger partial charge in [0.15, 0.2) is 0 Å². The molecule has 0 fully saturated rings. The van der Waals surface area contributed by atoms with E-state index in [1.807, 2.05) is 28.8 Å². The van der Waals surface area contributed by atoms with E-state index >= 15 is 0 Å². The van der Waals surface area contributed by atoms with E-state index in [0.29, 0.717) is 17.4 Å². The normalized spacial score (nSPS) is 15.1. The summed E-state index contributed by atoms with van der Waals surface area (Å²) in [5.41, 5.74) is 9.54. The van der Waals surface area contributed by atoms with Crippen molar-refractivity contribution in [2.75, 3.05) is 26.4 Å². The van der Waals surface area contributed by atoms with Gasteiger partial charge in [-0.25, -0.2) is 4.57 Å². The third-order valence-electron chi connectivity index (χ3n) is 4.92. The lowest BCUT2D eigenvalue weighted by Crippen LogP contribution is -3.06. The van der Waals surface area contributed by atoms with Crippen molar-refractivity contribution in [3.05, 3.63) is 71.5 Å². The molecule has 4 N–H and O–H groups in total. The summed E-state index contributed by atoms with van der Waals surface area (Å²) in [5, 5.41) is 9.88. The Bertz CT molecular complexity index is 973. The van der Waals surface area contributed by atoms with E-state index in [0.717, 1.165) is 29.8 Å². The van der Waals surface area contributed by atoms with Crippen LogP contribution in [0.5, 0.6) is 17.4 Å². The van der Waals surface area contributed by atoms with Crippen LogP contribution in [0.25, 0.3) is 0 Å².